The second-order valence-corrected chi connectivity index (χ2v) is 7.70. The number of benzene rings is 2. The topological polar surface area (TPSA) is 32.3 Å². The molecule has 1 heterocycles. The molecule has 1 amide bonds. The van der Waals surface area contributed by atoms with Crippen LogP contribution in [-0.4, -0.2) is 24.4 Å². The fraction of sp³-hybridized carbons (Fsp3) is 0.227. The maximum atomic E-state index is 13.3. The summed E-state index contributed by atoms with van der Waals surface area (Å²) in [5, 5.41) is 5.06. The molecular weight excluding hydrogens is 359 g/mol. The number of aryl methyl sites for hydroxylation is 1. The van der Waals surface area contributed by atoms with Crippen LogP contribution in [0.15, 0.2) is 66.0 Å². The van der Waals surface area contributed by atoms with Crippen LogP contribution >= 0.6 is 11.3 Å². The Morgan fingerprint density at radius 2 is 1.81 bits per heavy atom. The van der Waals surface area contributed by atoms with Gasteiger partial charge in [-0.1, -0.05) is 48.0 Å². The first-order valence-corrected chi connectivity index (χ1v) is 9.71. The third-order valence-corrected chi connectivity index (χ3v) is 5.26. The predicted molar refractivity (Wildman–Crippen MR) is 108 cm³/mol. The third kappa shape index (κ3) is 5.49. The Bertz CT molecular complexity index is 860. The average molecular weight is 383 g/mol. The zero-order valence-electron chi connectivity index (χ0n) is 15.5. The number of thiophene rings is 1. The van der Waals surface area contributed by atoms with Crippen molar-refractivity contribution in [1.29, 1.82) is 0 Å². The first kappa shape index (κ1) is 19.3. The molecule has 0 aliphatic heterocycles. The standard InChI is InChI=1S/C22H23FN2OS/c1-16-5-7-17(8-6-16)14-25(2)15-21(26)24-22(20-4-3-13-27-20)18-9-11-19(23)12-10-18/h3-13,22H,14-15H2,1-2H3,(H,24,26)/t22-/m1/s1. The van der Waals surface area contributed by atoms with Gasteiger partial charge in [-0.3, -0.25) is 9.69 Å². The molecule has 0 radical (unpaired) electrons. The monoisotopic (exact) mass is 382 g/mol. The molecular formula is C22H23FN2OS. The lowest BCUT2D eigenvalue weighted by Gasteiger charge is -2.21. The van der Waals surface area contributed by atoms with Crippen LogP contribution in [0.5, 0.6) is 0 Å². The molecule has 27 heavy (non-hydrogen) atoms. The Morgan fingerprint density at radius 3 is 2.44 bits per heavy atom. The van der Waals surface area contributed by atoms with E-state index >= 15 is 0 Å². The van der Waals surface area contributed by atoms with Crippen LogP contribution in [0, 0.1) is 12.7 Å². The van der Waals surface area contributed by atoms with Crippen LogP contribution in [0.3, 0.4) is 0 Å². The number of halogens is 1. The summed E-state index contributed by atoms with van der Waals surface area (Å²) < 4.78 is 13.3. The highest BCUT2D eigenvalue weighted by Gasteiger charge is 2.19. The van der Waals surface area contributed by atoms with Gasteiger partial charge in [0.2, 0.25) is 5.91 Å². The van der Waals surface area contributed by atoms with Gasteiger partial charge in [-0.2, -0.15) is 0 Å². The van der Waals surface area contributed by atoms with Crippen molar-refractivity contribution in [3.63, 3.8) is 0 Å². The van der Waals surface area contributed by atoms with Gasteiger partial charge in [0.15, 0.2) is 0 Å². The second kappa shape index (κ2) is 8.93. The van der Waals surface area contributed by atoms with Gasteiger partial charge in [0.05, 0.1) is 12.6 Å². The molecule has 0 spiro atoms. The lowest BCUT2D eigenvalue weighted by atomic mass is 10.1. The molecule has 3 rings (SSSR count). The van der Waals surface area contributed by atoms with Crippen molar-refractivity contribution < 1.29 is 9.18 Å². The molecule has 0 saturated heterocycles. The Morgan fingerprint density at radius 1 is 1.11 bits per heavy atom. The van der Waals surface area contributed by atoms with E-state index in [0.717, 1.165) is 10.4 Å². The Hall–Kier alpha value is -2.50. The van der Waals surface area contributed by atoms with E-state index in [4.69, 9.17) is 0 Å². The van der Waals surface area contributed by atoms with Gasteiger partial charge in [-0.25, -0.2) is 4.39 Å². The number of carbonyl (C=O) groups excluding carboxylic acids is 1. The second-order valence-electron chi connectivity index (χ2n) is 6.73. The minimum Gasteiger partial charge on any atom is -0.343 e. The molecule has 0 saturated carbocycles. The fourth-order valence-corrected chi connectivity index (χ4v) is 3.74. The molecule has 3 aromatic rings. The minimum atomic E-state index is -0.284. The lowest BCUT2D eigenvalue weighted by molar-refractivity contribution is -0.122. The van der Waals surface area contributed by atoms with Crippen molar-refractivity contribution >= 4 is 17.2 Å². The Balaban J connectivity index is 1.65. The van der Waals surface area contributed by atoms with Gasteiger partial charge in [0.1, 0.15) is 5.82 Å². The predicted octanol–water partition coefficient (Wildman–Crippen LogP) is 4.53. The molecule has 0 fully saturated rings. The summed E-state index contributed by atoms with van der Waals surface area (Å²) in [7, 11) is 1.93. The highest BCUT2D eigenvalue weighted by atomic mass is 32.1. The van der Waals surface area contributed by atoms with Crippen LogP contribution in [0.4, 0.5) is 4.39 Å². The van der Waals surface area contributed by atoms with Gasteiger partial charge in [-0.05, 0) is 48.7 Å². The quantitative estimate of drug-likeness (QED) is 0.651. The van der Waals surface area contributed by atoms with E-state index in [1.54, 1.807) is 23.5 Å². The number of likely N-dealkylation sites (N-methyl/N-ethyl adjacent to an activating group) is 1. The van der Waals surface area contributed by atoms with Crippen molar-refractivity contribution in [2.24, 2.45) is 0 Å². The molecule has 1 atom stereocenters. The van der Waals surface area contributed by atoms with Crippen molar-refractivity contribution in [1.82, 2.24) is 10.2 Å². The number of rotatable bonds is 7. The van der Waals surface area contributed by atoms with Crippen LogP contribution in [0.2, 0.25) is 0 Å². The molecule has 2 aromatic carbocycles. The normalized spacial score (nSPS) is 12.1. The first-order chi connectivity index (χ1) is 13.0. The number of hydrogen-bond acceptors (Lipinski definition) is 3. The van der Waals surface area contributed by atoms with Gasteiger partial charge in [0.25, 0.3) is 0 Å². The van der Waals surface area contributed by atoms with Crippen LogP contribution in [-0.2, 0) is 11.3 Å². The van der Waals surface area contributed by atoms with Crippen molar-refractivity contribution in [2.45, 2.75) is 19.5 Å². The number of nitrogens with zero attached hydrogens (tertiary/aromatic N) is 1. The molecule has 1 N–H and O–H groups in total. The molecule has 5 heteroatoms. The fourth-order valence-electron chi connectivity index (χ4n) is 2.94. The third-order valence-electron chi connectivity index (χ3n) is 4.32. The van der Waals surface area contributed by atoms with Crippen molar-refractivity contribution in [3.05, 3.63) is 93.4 Å². The van der Waals surface area contributed by atoms with E-state index < -0.39 is 0 Å². The van der Waals surface area contributed by atoms with Gasteiger partial charge in [-0.15, -0.1) is 11.3 Å². The van der Waals surface area contributed by atoms with E-state index in [0.29, 0.717) is 6.54 Å². The van der Waals surface area contributed by atoms with E-state index in [9.17, 15) is 9.18 Å². The summed E-state index contributed by atoms with van der Waals surface area (Å²) in [5.41, 5.74) is 3.26. The lowest BCUT2D eigenvalue weighted by Crippen LogP contribution is -2.37. The Labute approximate surface area is 163 Å². The van der Waals surface area contributed by atoms with Crippen LogP contribution < -0.4 is 5.32 Å². The maximum Gasteiger partial charge on any atom is 0.234 e. The highest BCUT2D eigenvalue weighted by Crippen LogP contribution is 2.26. The summed E-state index contributed by atoms with van der Waals surface area (Å²) in [6.45, 7) is 3.05. The SMILES string of the molecule is Cc1ccc(CN(C)CC(=O)N[C@H](c2ccc(F)cc2)c2cccs2)cc1. The summed E-state index contributed by atoms with van der Waals surface area (Å²) in [6.07, 6.45) is 0. The van der Waals surface area contributed by atoms with Crippen molar-refractivity contribution in [3.8, 4) is 0 Å². The minimum absolute atomic E-state index is 0.0627. The van der Waals surface area contributed by atoms with E-state index in [1.807, 2.05) is 29.5 Å². The summed E-state index contributed by atoms with van der Waals surface area (Å²) in [6, 6.07) is 18.2. The molecule has 0 aliphatic carbocycles. The summed E-state index contributed by atoms with van der Waals surface area (Å²) >= 11 is 1.57. The van der Waals surface area contributed by atoms with Gasteiger partial charge < -0.3 is 5.32 Å². The molecule has 140 valence electrons. The van der Waals surface area contributed by atoms with E-state index in [2.05, 4.69) is 36.5 Å². The smallest absolute Gasteiger partial charge is 0.234 e. The van der Waals surface area contributed by atoms with E-state index in [1.165, 1.54) is 23.3 Å². The van der Waals surface area contributed by atoms with Crippen molar-refractivity contribution in [2.75, 3.05) is 13.6 Å². The average Bonchev–Trinajstić information content (AvgIpc) is 3.17. The largest absolute Gasteiger partial charge is 0.343 e. The maximum absolute atomic E-state index is 13.3. The molecule has 1 aromatic heterocycles. The van der Waals surface area contributed by atoms with Crippen LogP contribution in [0.25, 0.3) is 0 Å². The molecule has 0 aliphatic rings. The molecule has 3 nitrogen and oxygen atoms in total. The number of carbonyl (C=O) groups is 1. The first-order valence-electron chi connectivity index (χ1n) is 8.83. The zero-order chi connectivity index (χ0) is 19.2. The van der Waals surface area contributed by atoms with Crippen LogP contribution in [0.1, 0.15) is 27.6 Å². The van der Waals surface area contributed by atoms with E-state index in [-0.39, 0.29) is 24.3 Å². The number of hydrogen-bond donors (Lipinski definition) is 1. The zero-order valence-corrected chi connectivity index (χ0v) is 16.3. The van der Waals surface area contributed by atoms with Gasteiger partial charge in [0, 0.05) is 11.4 Å². The Kier molecular flexibility index (Phi) is 6.37. The highest BCUT2D eigenvalue weighted by molar-refractivity contribution is 7.10. The molecule has 0 unspecified atom stereocenters. The summed E-state index contributed by atoms with van der Waals surface area (Å²) in [5.74, 6) is -0.347. The number of amides is 1. The summed E-state index contributed by atoms with van der Waals surface area (Å²) in [4.78, 5) is 15.6. The number of nitrogens with one attached hydrogen (secondary N) is 1. The molecule has 0 bridgehead atoms. The van der Waals surface area contributed by atoms with Gasteiger partial charge >= 0.3 is 0 Å².